The molecule has 1 heterocycles. The minimum Gasteiger partial charge on any atom is -0.315 e. The van der Waals surface area contributed by atoms with Crippen molar-refractivity contribution in [1.29, 1.82) is 0 Å². The summed E-state index contributed by atoms with van der Waals surface area (Å²) in [5, 5.41) is 0. The third-order valence-electron chi connectivity index (χ3n) is 5.05. The molecular formula is C17H36N2O2S. The summed E-state index contributed by atoms with van der Waals surface area (Å²) in [7, 11) is -2.95. The van der Waals surface area contributed by atoms with Crippen molar-refractivity contribution < 1.29 is 8.42 Å². The van der Waals surface area contributed by atoms with Crippen LogP contribution in [0.5, 0.6) is 0 Å². The highest BCUT2D eigenvalue weighted by Crippen LogP contribution is 2.31. The van der Waals surface area contributed by atoms with E-state index in [2.05, 4.69) is 25.7 Å². The summed E-state index contributed by atoms with van der Waals surface area (Å²) in [5.41, 5.74) is 6.28. The van der Waals surface area contributed by atoms with Gasteiger partial charge in [-0.1, -0.05) is 58.8 Å². The minimum atomic E-state index is -2.95. The monoisotopic (exact) mass is 332 g/mol. The molecule has 1 aliphatic rings. The lowest BCUT2D eigenvalue weighted by molar-refractivity contribution is 0.0486. The molecule has 0 aliphatic carbocycles. The van der Waals surface area contributed by atoms with Crippen molar-refractivity contribution in [3.05, 3.63) is 0 Å². The Kier molecular flexibility index (Phi) is 8.36. The van der Waals surface area contributed by atoms with Crippen molar-refractivity contribution in [2.24, 2.45) is 5.73 Å². The lowest BCUT2D eigenvalue weighted by Crippen LogP contribution is -2.61. The topological polar surface area (TPSA) is 63.4 Å². The first-order chi connectivity index (χ1) is 10.3. The predicted octanol–water partition coefficient (Wildman–Crippen LogP) is 3.31. The summed E-state index contributed by atoms with van der Waals surface area (Å²) in [5.74, 6) is 0.379. The number of nitrogens with zero attached hydrogens (tertiary/aromatic N) is 1. The van der Waals surface area contributed by atoms with Crippen LogP contribution in [0.4, 0.5) is 0 Å². The molecule has 0 saturated carbocycles. The van der Waals surface area contributed by atoms with Crippen LogP contribution in [-0.2, 0) is 9.84 Å². The Morgan fingerprint density at radius 3 is 2.14 bits per heavy atom. The summed E-state index contributed by atoms with van der Waals surface area (Å²) >= 11 is 0. The third-order valence-corrected chi connectivity index (χ3v) is 6.70. The van der Waals surface area contributed by atoms with Gasteiger partial charge in [-0.2, -0.15) is 0 Å². The van der Waals surface area contributed by atoms with Gasteiger partial charge < -0.3 is 5.73 Å². The summed E-state index contributed by atoms with van der Waals surface area (Å²) < 4.78 is 23.6. The number of rotatable bonds is 10. The highest BCUT2D eigenvalue weighted by atomic mass is 32.2. The van der Waals surface area contributed by atoms with E-state index in [1.54, 1.807) is 0 Å². The molecule has 132 valence electrons. The summed E-state index contributed by atoms with van der Waals surface area (Å²) in [6.45, 7) is 7.34. The molecule has 0 aromatic heterocycles. The zero-order valence-electron chi connectivity index (χ0n) is 14.8. The Bertz CT molecular complexity index is 411. The van der Waals surface area contributed by atoms with E-state index in [-0.39, 0.29) is 23.2 Å². The Labute approximate surface area is 137 Å². The summed E-state index contributed by atoms with van der Waals surface area (Å²) in [6, 6.07) is 0. The SMILES string of the molecule is CCCCCCC(C)(CCCCC)N1CCS(=O)(=O)CC1N. The molecule has 1 aliphatic heterocycles. The Morgan fingerprint density at radius 1 is 1.05 bits per heavy atom. The third kappa shape index (κ3) is 6.17. The molecule has 0 aromatic rings. The van der Waals surface area contributed by atoms with E-state index in [0.717, 1.165) is 12.8 Å². The molecule has 0 bridgehead atoms. The fraction of sp³-hybridized carbons (Fsp3) is 1.00. The number of hydrogen-bond acceptors (Lipinski definition) is 4. The van der Waals surface area contributed by atoms with Crippen molar-refractivity contribution in [3.63, 3.8) is 0 Å². The van der Waals surface area contributed by atoms with Gasteiger partial charge in [-0.05, 0) is 19.8 Å². The van der Waals surface area contributed by atoms with Crippen LogP contribution in [0.15, 0.2) is 0 Å². The molecule has 0 aromatic carbocycles. The Morgan fingerprint density at radius 2 is 1.59 bits per heavy atom. The van der Waals surface area contributed by atoms with Crippen molar-refractivity contribution in [3.8, 4) is 0 Å². The zero-order valence-corrected chi connectivity index (χ0v) is 15.6. The molecule has 22 heavy (non-hydrogen) atoms. The van der Waals surface area contributed by atoms with E-state index in [9.17, 15) is 8.42 Å². The largest absolute Gasteiger partial charge is 0.315 e. The highest BCUT2D eigenvalue weighted by Gasteiger charge is 2.39. The molecule has 1 rings (SSSR count). The van der Waals surface area contributed by atoms with Crippen LogP contribution >= 0.6 is 0 Å². The molecule has 2 atom stereocenters. The van der Waals surface area contributed by atoms with Crippen molar-refractivity contribution in [1.82, 2.24) is 4.90 Å². The normalized spacial score (nSPS) is 25.0. The van der Waals surface area contributed by atoms with E-state index >= 15 is 0 Å². The fourth-order valence-electron chi connectivity index (χ4n) is 3.61. The van der Waals surface area contributed by atoms with E-state index < -0.39 is 9.84 Å². The number of hydrogen-bond donors (Lipinski definition) is 1. The second-order valence-corrected chi connectivity index (χ2v) is 9.37. The van der Waals surface area contributed by atoms with Gasteiger partial charge in [0.05, 0.1) is 17.7 Å². The summed E-state index contributed by atoms with van der Waals surface area (Å²) in [4.78, 5) is 2.29. The van der Waals surface area contributed by atoms with Crippen molar-refractivity contribution in [2.75, 3.05) is 18.1 Å². The molecule has 4 nitrogen and oxygen atoms in total. The predicted molar refractivity (Wildman–Crippen MR) is 94.6 cm³/mol. The molecule has 1 fully saturated rings. The van der Waals surface area contributed by atoms with Gasteiger partial charge >= 0.3 is 0 Å². The van der Waals surface area contributed by atoms with Gasteiger partial charge in [0, 0.05) is 12.1 Å². The maximum absolute atomic E-state index is 11.8. The van der Waals surface area contributed by atoms with Crippen LogP contribution in [0.2, 0.25) is 0 Å². The molecule has 1 saturated heterocycles. The fourth-order valence-corrected chi connectivity index (χ4v) is 4.95. The molecule has 0 amide bonds. The smallest absolute Gasteiger partial charge is 0.154 e. The average Bonchev–Trinajstić information content (AvgIpc) is 2.43. The molecule has 0 radical (unpaired) electrons. The van der Waals surface area contributed by atoms with E-state index in [0.29, 0.717) is 6.54 Å². The van der Waals surface area contributed by atoms with Gasteiger partial charge in [0.25, 0.3) is 0 Å². The van der Waals surface area contributed by atoms with Gasteiger partial charge in [-0.25, -0.2) is 8.42 Å². The second-order valence-electron chi connectivity index (χ2n) is 7.14. The maximum atomic E-state index is 11.8. The van der Waals surface area contributed by atoms with Gasteiger partial charge in [0.2, 0.25) is 0 Å². The van der Waals surface area contributed by atoms with E-state index in [1.807, 2.05) is 0 Å². The van der Waals surface area contributed by atoms with Crippen molar-refractivity contribution in [2.45, 2.75) is 90.3 Å². The summed E-state index contributed by atoms with van der Waals surface area (Å²) in [6.07, 6.45) is 10.6. The lowest BCUT2D eigenvalue weighted by atomic mass is 9.86. The molecule has 2 N–H and O–H groups in total. The number of unbranched alkanes of at least 4 members (excludes halogenated alkanes) is 5. The van der Waals surface area contributed by atoms with Crippen LogP contribution in [0.1, 0.15) is 78.6 Å². The first-order valence-corrected chi connectivity index (χ1v) is 10.9. The first-order valence-electron chi connectivity index (χ1n) is 9.07. The zero-order chi connectivity index (χ0) is 16.6. The quantitative estimate of drug-likeness (QED) is 0.623. The molecule has 0 spiro atoms. The van der Waals surface area contributed by atoms with Crippen LogP contribution in [-0.4, -0.2) is 43.1 Å². The van der Waals surface area contributed by atoms with E-state index in [4.69, 9.17) is 5.73 Å². The van der Waals surface area contributed by atoms with Crippen LogP contribution in [0.25, 0.3) is 0 Å². The maximum Gasteiger partial charge on any atom is 0.154 e. The van der Waals surface area contributed by atoms with Crippen LogP contribution in [0.3, 0.4) is 0 Å². The van der Waals surface area contributed by atoms with Gasteiger partial charge in [-0.15, -0.1) is 0 Å². The van der Waals surface area contributed by atoms with Gasteiger partial charge in [0.15, 0.2) is 9.84 Å². The standard InChI is InChI=1S/C17H36N2O2S/c1-4-6-8-10-12-17(3,11-9-7-5-2)19-13-14-22(20,21)15-16(19)18/h16H,4-15,18H2,1-3H3. The second kappa shape index (κ2) is 9.24. The first kappa shape index (κ1) is 19.9. The van der Waals surface area contributed by atoms with Crippen molar-refractivity contribution >= 4 is 9.84 Å². The average molecular weight is 333 g/mol. The van der Waals surface area contributed by atoms with E-state index in [1.165, 1.54) is 44.9 Å². The number of sulfone groups is 1. The van der Waals surface area contributed by atoms with Gasteiger partial charge in [-0.3, -0.25) is 4.90 Å². The highest BCUT2D eigenvalue weighted by molar-refractivity contribution is 7.91. The lowest BCUT2D eigenvalue weighted by Gasteiger charge is -2.47. The number of nitrogens with two attached hydrogens (primary N) is 1. The molecule has 2 unspecified atom stereocenters. The Hall–Kier alpha value is -0.130. The van der Waals surface area contributed by atoms with Gasteiger partial charge in [0.1, 0.15) is 0 Å². The van der Waals surface area contributed by atoms with Crippen LogP contribution in [0, 0.1) is 0 Å². The molecule has 5 heteroatoms. The minimum absolute atomic E-state index is 0.0538. The Balaban J connectivity index is 2.70. The molecular weight excluding hydrogens is 296 g/mol. The van der Waals surface area contributed by atoms with Crippen LogP contribution < -0.4 is 5.73 Å².